The second-order valence-corrected chi connectivity index (χ2v) is 7.52. The van der Waals surface area contributed by atoms with Gasteiger partial charge in [0.25, 0.3) is 0 Å². The monoisotopic (exact) mass is 375 g/mol. The van der Waals surface area contributed by atoms with E-state index in [1.165, 1.54) is 32.0 Å². The molecule has 1 atom stereocenters. The van der Waals surface area contributed by atoms with Crippen molar-refractivity contribution in [1.82, 2.24) is 15.1 Å². The molecule has 5 nitrogen and oxygen atoms in total. The summed E-state index contributed by atoms with van der Waals surface area (Å²) >= 11 is 0. The lowest BCUT2D eigenvalue weighted by molar-refractivity contribution is 0.186. The Labute approximate surface area is 163 Å². The molecule has 1 unspecified atom stereocenters. The van der Waals surface area contributed by atoms with Gasteiger partial charge in [-0.2, -0.15) is 0 Å². The van der Waals surface area contributed by atoms with Crippen molar-refractivity contribution >= 4 is 11.6 Å². The molecule has 27 heavy (non-hydrogen) atoms. The summed E-state index contributed by atoms with van der Waals surface area (Å²) in [5.41, 5.74) is 0.709. The fourth-order valence-corrected chi connectivity index (χ4v) is 4.10. The number of nitrogens with zero attached hydrogens (tertiary/aromatic N) is 4. The highest BCUT2D eigenvalue weighted by Gasteiger charge is 2.23. The van der Waals surface area contributed by atoms with Crippen LogP contribution in [0.5, 0.6) is 0 Å². The number of rotatable bonds is 5. The number of hydrogen-bond acceptors (Lipinski definition) is 3. The van der Waals surface area contributed by atoms with Gasteiger partial charge in [-0.3, -0.25) is 4.99 Å². The molecule has 0 amide bonds. The van der Waals surface area contributed by atoms with Crippen LogP contribution in [0.15, 0.2) is 29.3 Å². The zero-order valence-electron chi connectivity index (χ0n) is 16.8. The molecule has 1 aromatic rings. The summed E-state index contributed by atoms with van der Waals surface area (Å²) in [6, 6.07) is 7.06. The molecule has 150 valence electrons. The summed E-state index contributed by atoms with van der Waals surface area (Å²) in [4.78, 5) is 11.9. The van der Waals surface area contributed by atoms with Gasteiger partial charge < -0.3 is 20.0 Å². The number of guanidine groups is 1. The van der Waals surface area contributed by atoms with Crippen LogP contribution in [-0.2, 0) is 0 Å². The zero-order valence-corrected chi connectivity index (χ0v) is 16.8. The SMILES string of the molecule is CCNC(=NCC1CCCN(CC)C1)N1CCN(c2ccccc2F)CC1. The van der Waals surface area contributed by atoms with Crippen LogP contribution in [-0.4, -0.2) is 74.7 Å². The summed E-state index contributed by atoms with van der Waals surface area (Å²) in [5.74, 6) is 1.54. The van der Waals surface area contributed by atoms with Crippen molar-refractivity contribution in [3.8, 4) is 0 Å². The summed E-state index contributed by atoms with van der Waals surface area (Å²) in [5, 5.41) is 3.45. The first-order valence-electron chi connectivity index (χ1n) is 10.5. The second-order valence-electron chi connectivity index (χ2n) is 7.52. The zero-order chi connectivity index (χ0) is 19.1. The fourth-order valence-electron chi connectivity index (χ4n) is 4.10. The Bertz CT molecular complexity index is 612. The molecule has 1 N–H and O–H groups in total. The largest absolute Gasteiger partial charge is 0.366 e. The Morgan fingerprint density at radius 3 is 2.63 bits per heavy atom. The Hall–Kier alpha value is -1.82. The minimum absolute atomic E-state index is 0.135. The standard InChI is InChI=1S/C21H34FN5/c1-3-23-21(24-16-18-8-7-11-25(4-2)17-18)27-14-12-26(13-15-27)20-10-6-5-9-19(20)22/h5-6,9-10,18H,3-4,7-8,11-17H2,1-2H3,(H,23,24). The van der Waals surface area contributed by atoms with Crippen LogP contribution in [0.25, 0.3) is 0 Å². The Kier molecular flexibility index (Phi) is 7.33. The van der Waals surface area contributed by atoms with Crippen molar-refractivity contribution in [2.45, 2.75) is 26.7 Å². The summed E-state index contributed by atoms with van der Waals surface area (Å²) in [6.07, 6.45) is 2.56. The smallest absolute Gasteiger partial charge is 0.194 e. The fraction of sp³-hybridized carbons (Fsp3) is 0.667. The lowest BCUT2D eigenvalue weighted by Crippen LogP contribution is -2.53. The van der Waals surface area contributed by atoms with Crippen LogP contribution < -0.4 is 10.2 Å². The topological polar surface area (TPSA) is 34.1 Å². The molecule has 2 aliphatic rings. The summed E-state index contributed by atoms with van der Waals surface area (Å²) in [6.45, 7) is 13.0. The van der Waals surface area contributed by atoms with Crippen LogP contribution in [0.1, 0.15) is 26.7 Å². The number of para-hydroxylation sites is 1. The second kappa shape index (κ2) is 9.93. The van der Waals surface area contributed by atoms with Crippen molar-refractivity contribution in [2.24, 2.45) is 10.9 Å². The number of piperazine rings is 1. The molecular formula is C21H34FN5. The number of hydrogen-bond donors (Lipinski definition) is 1. The molecule has 2 aliphatic heterocycles. The van der Waals surface area contributed by atoms with E-state index in [1.807, 2.05) is 12.1 Å². The average molecular weight is 376 g/mol. The highest BCUT2D eigenvalue weighted by atomic mass is 19.1. The molecule has 6 heteroatoms. The molecule has 1 aromatic carbocycles. The minimum atomic E-state index is -0.135. The number of anilines is 1. The highest BCUT2D eigenvalue weighted by Crippen LogP contribution is 2.20. The number of nitrogens with one attached hydrogen (secondary N) is 1. The van der Waals surface area contributed by atoms with Gasteiger partial charge in [-0.15, -0.1) is 0 Å². The maximum Gasteiger partial charge on any atom is 0.194 e. The van der Waals surface area contributed by atoms with Gasteiger partial charge in [-0.1, -0.05) is 19.1 Å². The minimum Gasteiger partial charge on any atom is -0.366 e. The third kappa shape index (κ3) is 5.34. The predicted octanol–water partition coefficient (Wildman–Crippen LogP) is 2.65. The van der Waals surface area contributed by atoms with E-state index in [9.17, 15) is 4.39 Å². The van der Waals surface area contributed by atoms with E-state index in [0.717, 1.165) is 51.8 Å². The van der Waals surface area contributed by atoms with Gasteiger partial charge in [-0.05, 0) is 50.9 Å². The van der Waals surface area contributed by atoms with Crippen molar-refractivity contribution in [3.05, 3.63) is 30.1 Å². The molecule has 0 aliphatic carbocycles. The van der Waals surface area contributed by atoms with Gasteiger partial charge in [0.05, 0.1) is 5.69 Å². The first-order valence-corrected chi connectivity index (χ1v) is 10.5. The molecule has 2 heterocycles. The average Bonchev–Trinajstić information content (AvgIpc) is 2.72. The molecular weight excluding hydrogens is 341 g/mol. The number of benzene rings is 1. The number of aliphatic imine (C=N–C) groups is 1. The van der Waals surface area contributed by atoms with E-state index < -0.39 is 0 Å². The summed E-state index contributed by atoms with van der Waals surface area (Å²) in [7, 11) is 0. The predicted molar refractivity (Wildman–Crippen MR) is 111 cm³/mol. The van der Waals surface area contributed by atoms with Crippen LogP contribution in [0.2, 0.25) is 0 Å². The van der Waals surface area contributed by atoms with Gasteiger partial charge in [0, 0.05) is 45.8 Å². The number of piperidine rings is 1. The first kappa shape index (κ1) is 19.9. The highest BCUT2D eigenvalue weighted by molar-refractivity contribution is 5.80. The molecule has 0 spiro atoms. The van der Waals surface area contributed by atoms with Gasteiger partial charge in [0.15, 0.2) is 5.96 Å². The molecule has 0 radical (unpaired) electrons. The van der Waals surface area contributed by atoms with Crippen LogP contribution in [0.4, 0.5) is 10.1 Å². The molecule has 0 aromatic heterocycles. The van der Waals surface area contributed by atoms with Crippen LogP contribution in [0, 0.1) is 11.7 Å². The normalized spacial score (nSPS) is 22.2. The number of halogens is 1. The molecule has 0 saturated carbocycles. The van der Waals surface area contributed by atoms with Gasteiger partial charge in [0.2, 0.25) is 0 Å². The molecule has 3 rings (SSSR count). The van der Waals surface area contributed by atoms with Crippen molar-refractivity contribution in [3.63, 3.8) is 0 Å². The molecule has 0 bridgehead atoms. The Balaban J connectivity index is 1.57. The first-order chi connectivity index (χ1) is 13.2. The van der Waals surface area contributed by atoms with Crippen molar-refractivity contribution < 1.29 is 4.39 Å². The molecule has 2 saturated heterocycles. The van der Waals surface area contributed by atoms with Crippen LogP contribution >= 0.6 is 0 Å². The third-order valence-electron chi connectivity index (χ3n) is 5.66. The van der Waals surface area contributed by atoms with Crippen molar-refractivity contribution in [1.29, 1.82) is 0 Å². The Morgan fingerprint density at radius 1 is 1.15 bits per heavy atom. The van der Waals surface area contributed by atoms with Gasteiger partial charge in [0.1, 0.15) is 5.82 Å². The van der Waals surface area contributed by atoms with E-state index in [4.69, 9.17) is 4.99 Å². The number of likely N-dealkylation sites (tertiary alicyclic amines) is 1. The van der Waals surface area contributed by atoms with E-state index in [1.54, 1.807) is 6.07 Å². The van der Waals surface area contributed by atoms with E-state index >= 15 is 0 Å². The Morgan fingerprint density at radius 2 is 1.93 bits per heavy atom. The van der Waals surface area contributed by atoms with Crippen LogP contribution in [0.3, 0.4) is 0 Å². The molecule has 2 fully saturated rings. The summed E-state index contributed by atoms with van der Waals surface area (Å²) < 4.78 is 14.0. The third-order valence-corrected chi connectivity index (χ3v) is 5.66. The maximum atomic E-state index is 14.0. The van der Waals surface area contributed by atoms with E-state index in [-0.39, 0.29) is 5.82 Å². The van der Waals surface area contributed by atoms with Gasteiger partial charge in [-0.25, -0.2) is 4.39 Å². The van der Waals surface area contributed by atoms with E-state index in [0.29, 0.717) is 11.6 Å². The quantitative estimate of drug-likeness (QED) is 0.634. The lowest BCUT2D eigenvalue weighted by atomic mass is 9.98. The maximum absolute atomic E-state index is 14.0. The van der Waals surface area contributed by atoms with E-state index in [2.05, 4.69) is 33.9 Å². The van der Waals surface area contributed by atoms with Gasteiger partial charge >= 0.3 is 0 Å². The lowest BCUT2D eigenvalue weighted by Gasteiger charge is -2.38. The van der Waals surface area contributed by atoms with Crippen molar-refractivity contribution in [2.75, 3.05) is 63.8 Å².